The number of anilines is 1. The van der Waals surface area contributed by atoms with Crippen LogP contribution in [0.5, 0.6) is 0 Å². The number of carbonyl (C=O) groups excluding carboxylic acids is 2. The smallest absolute Gasteiger partial charge is 0.231 e. The highest BCUT2D eigenvalue weighted by molar-refractivity contribution is 6.30. The van der Waals surface area contributed by atoms with Crippen LogP contribution in [0.4, 0.5) is 5.82 Å². The molecule has 0 bridgehead atoms. The van der Waals surface area contributed by atoms with E-state index in [0.29, 0.717) is 17.4 Å². The van der Waals surface area contributed by atoms with Gasteiger partial charge in [-0.15, -0.1) is 0 Å². The third-order valence-electron chi connectivity index (χ3n) is 5.54. The molecule has 2 amide bonds. The Morgan fingerprint density at radius 3 is 2.81 bits per heavy atom. The molecule has 0 unspecified atom stereocenters. The molecule has 142 valence electrons. The Morgan fingerprint density at radius 1 is 1.30 bits per heavy atom. The van der Waals surface area contributed by atoms with Crippen molar-refractivity contribution in [2.75, 3.05) is 11.9 Å². The summed E-state index contributed by atoms with van der Waals surface area (Å²) in [6.07, 6.45) is 5.22. The normalized spacial score (nSPS) is 22.3. The predicted molar refractivity (Wildman–Crippen MR) is 104 cm³/mol. The van der Waals surface area contributed by atoms with E-state index in [1.165, 1.54) is 6.42 Å². The molecule has 2 aliphatic heterocycles. The van der Waals surface area contributed by atoms with E-state index in [1.54, 1.807) is 10.9 Å². The van der Waals surface area contributed by atoms with Gasteiger partial charge in [-0.1, -0.05) is 23.7 Å². The highest BCUT2D eigenvalue weighted by Crippen LogP contribution is 2.33. The van der Waals surface area contributed by atoms with Gasteiger partial charge in [0.2, 0.25) is 11.8 Å². The molecular formula is C20H23ClN4O2. The molecule has 1 saturated heterocycles. The molecule has 0 saturated carbocycles. The van der Waals surface area contributed by atoms with Crippen LogP contribution < -0.4 is 5.32 Å². The van der Waals surface area contributed by atoms with Crippen molar-refractivity contribution in [2.45, 2.75) is 45.2 Å². The molecule has 27 heavy (non-hydrogen) atoms. The number of hydrogen-bond donors (Lipinski definition) is 1. The number of nitrogens with one attached hydrogen (secondary N) is 1. The largest absolute Gasteiger partial charge is 0.340 e. The van der Waals surface area contributed by atoms with Crippen LogP contribution in [-0.4, -0.2) is 39.1 Å². The Morgan fingerprint density at radius 2 is 2.07 bits per heavy atom. The number of halogens is 1. The summed E-state index contributed by atoms with van der Waals surface area (Å²) in [6.45, 7) is 3.30. The minimum absolute atomic E-state index is 0.0656. The van der Waals surface area contributed by atoms with E-state index < -0.39 is 5.92 Å². The van der Waals surface area contributed by atoms with E-state index in [9.17, 15) is 9.59 Å². The summed E-state index contributed by atoms with van der Waals surface area (Å²) in [5, 5.41) is 8.03. The summed E-state index contributed by atoms with van der Waals surface area (Å²) in [6, 6.07) is 7.69. The predicted octanol–water partition coefficient (Wildman–Crippen LogP) is 3.56. The van der Waals surface area contributed by atoms with Gasteiger partial charge in [0.25, 0.3) is 0 Å². The van der Waals surface area contributed by atoms with Crippen molar-refractivity contribution in [1.29, 1.82) is 0 Å². The first kappa shape index (κ1) is 18.0. The highest BCUT2D eigenvalue weighted by atomic mass is 35.5. The lowest BCUT2D eigenvalue weighted by molar-refractivity contribution is -0.138. The van der Waals surface area contributed by atoms with Crippen LogP contribution in [0.1, 0.15) is 32.6 Å². The first-order valence-corrected chi connectivity index (χ1v) is 9.83. The lowest BCUT2D eigenvalue weighted by Gasteiger charge is -2.34. The summed E-state index contributed by atoms with van der Waals surface area (Å²) in [5.41, 5.74) is 1.80. The van der Waals surface area contributed by atoms with Gasteiger partial charge in [-0.3, -0.25) is 9.59 Å². The lowest BCUT2D eigenvalue weighted by atomic mass is 9.98. The van der Waals surface area contributed by atoms with Crippen LogP contribution in [0.25, 0.3) is 11.1 Å². The lowest BCUT2D eigenvalue weighted by Crippen LogP contribution is -2.44. The van der Waals surface area contributed by atoms with Gasteiger partial charge in [0.15, 0.2) is 0 Å². The maximum Gasteiger partial charge on any atom is 0.231 e. The number of piperidine rings is 1. The summed E-state index contributed by atoms with van der Waals surface area (Å²) >= 11 is 5.95. The minimum atomic E-state index is -0.392. The highest BCUT2D eigenvalue weighted by Gasteiger charge is 2.33. The van der Waals surface area contributed by atoms with Crippen molar-refractivity contribution in [3.05, 3.63) is 35.5 Å². The second-order valence-corrected chi connectivity index (χ2v) is 7.85. The summed E-state index contributed by atoms with van der Waals surface area (Å²) < 4.78 is 1.78. The summed E-state index contributed by atoms with van der Waals surface area (Å²) in [4.78, 5) is 27.3. The number of carbonyl (C=O) groups is 2. The Balaban J connectivity index is 1.50. The van der Waals surface area contributed by atoms with Crippen molar-refractivity contribution in [1.82, 2.24) is 14.7 Å². The second-order valence-electron chi connectivity index (χ2n) is 7.42. The van der Waals surface area contributed by atoms with Crippen LogP contribution >= 0.6 is 11.6 Å². The summed E-state index contributed by atoms with van der Waals surface area (Å²) in [7, 11) is 0. The van der Waals surface area contributed by atoms with Crippen molar-refractivity contribution in [3.8, 4) is 11.1 Å². The van der Waals surface area contributed by atoms with Crippen LogP contribution in [0.2, 0.25) is 5.02 Å². The molecule has 6 nitrogen and oxygen atoms in total. The van der Waals surface area contributed by atoms with E-state index in [0.717, 1.165) is 30.5 Å². The number of amides is 2. The fourth-order valence-corrected chi connectivity index (χ4v) is 4.09. The maximum atomic E-state index is 12.7. The number of hydrogen-bond acceptors (Lipinski definition) is 3. The van der Waals surface area contributed by atoms with E-state index >= 15 is 0 Å². The molecule has 7 heteroatoms. The van der Waals surface area contributed by atoms with Crippen molar-refractivity contribution >= 4 is 29.2 Å². The van der Waals surface area contributed by atoms with Crippen molar-refractivity contribution < 1.29 is 9.59 Å². The zero-order valence-corrected chi connectivity index (χ0v) is 16.1. The third-order valence-corrected chi connectivity index (χ3v) is 5.80. The molecule has 0 radical (unpaired) electrons. The zero-order valence-electron chi connectivity index (χ0n) is 15.3. The van der Waals surface area contributed by atoms with Gasteiger partial charge in [0, 0.05) is 29.6 Å². The quantitative estimate of drug-likeness (QED) is 0.876. The van der Waals surface area contributed by atoms with Crippen molar-refractivity contribution in [2.24, 2.45) is 5.92 Å². The molecule has 2 aliphatic rings. The van der Waals surface area contributed by atoms with Gasteiger partial charge in [0.1, 0.15) is 5.82 Å². The Bertz CT molecular complexity index is 861. The van der Waals surface area contributed by atoms with E-state index in [4.69, 9.17) is 11.6 Å². The molecule has 0 spiro atoms. The molecule has 1 aromatic heterocycles. The fraction of sp³-hybridized carbons (Fsp3) is 0.450. The number of likely N-dealkylation sites (tertiary alicyclic amines) is 1. The van der Waals surface area contributed by atoms with Crippen LogP contribution in [0, 0.1) is 5.92 Å². The number of aromatic nitrogens is 2. The maximum absolute atomic E-state index is 12.7. The van der Waals surface area contributed by atoms with Gasteiger partial charge >= 0.3 is 0 Å². The standard InChI is InChI=1S/C20H23ClN4O2/c1-13-4-2-3-9-24(13)18(26)10-15-12-25-19(23-20(15)27)17(11-22-25)14-5-7-16(21)8-6-14/h5-8,11,13,15H,2-4,9-10,12H2,1H3,(H,23,27)/t13-,15-/m0/s1. The minimum Gasteiger partial charge on any atom is -0.340 e. The molecule has 3 heterocycles. The van der Waals surface area contributed by atoms with Gasteiger partial charge in [-0.05, 0) is 43.9 Å². The SMILES string of the molecule is C[C@H]1CCCCN1C(=O)C[C@H]1Cn2ncc(-c3ccc(Cl)cc3)c2NC1=O. The first-order chi connectivity index (χ1) is 13.0. The van der Waals surface area contributed by atoms with Gasteiger partial charge in [0.05, 0.1) is 18.7 Å². The fourth-order valence-electron chi connectivity index (χ4n) is 3.96. The molecule has 0 aliphatic carbocycles. The van der Waals surface area contributed by atoms with Crippen LogP contribution in [0.15, 0.2) is 30.5 Å². The van der Waals surface area contributed by atoms with Gasteiger partial charge in [-0.25, -0.2) is 4.68 Å². The Labute approximate surface area is 163 Å². The average Bonchev–Trinajstić information content (AvgIpc) is 3.05. The number of nitrogens with zero attached hydrogens (tertiary/aromatic N) is 3. The number of benzene rings is 1. The molecule has 1 N–H and O–H groups in total. The zero-order chi connectivity index (χ0) is 19.0. The molecule has 4 rings (SSSR count). The van der Waals surface area contributed by atoms with E-state index in [2.05, 4.69) is 17.3 Å². The first-order valence-electron chi connectivity index (χ1n) is 9.45. The molecular weight excluding hydrogens is 364 g/mol. The molecule has 2 aromatic rings. The van der Waals surface area contributed by atoms with Gasteiger partial charge < -0.3 is 10.2 Å². The van der Waals surface area contributed by atoms with Gasteiger partial charge in [-0.2, -0.15) is 5.10 Å². The third kappa shape index (κ3) is 3.58. The second kappa shape index (κ2) is 7.35. The topological polar surface area (TPSA) is 67.2 Å². The van der Waals surface area contributed by atoms with E-state index in [1.807, 2.05) is 29.2 Å². The van der Waals surface area contributed by atoms with Crippen molar-refractivity contribution in [3.63, 3.8) is 0 Å². The Hall–Kier alpha value is -2.34. The number of fused-ring (bicyclic) bond motifs is 1. The molecule has 1 aromatic carbocycles. The summed E-state index contributed by atoms with van der Waals surface area (Å²) in [5.74, 6) is 0.238. The number of rotatable bonds is 3. The Kier molecular flexibility index (Phi) is 4.91. The van der Waals surface area contributed by atoms with E-state index in [-0.39, 0.29) is 24.3 Å². The molecule has 1 fully saturated rings. The molecule has 2 atom stereocenters. The monoisotopic (exact) mass is 386 g/mol. The van der Waals surface area contributed by atoms with Crippen LogP contribution in [-0.2, 0) is 16.1 Å². The van der Waals surface area contributed by atoms with Crippen LogP contribution in [0.3, 0.4) is 0 Å². The average molecular weight is 387 g/mol.